The summed E-state index contributed by atoms with van der Waals surface area (Å²) in [5, 5.41) is 8.16. The highest BCUT2D eigenvalue weighted by Gasteiger charge is 2.62. The van der Waals surface area contributed by atoms with Gasteiger partial charge in [0.25, 0.3) is 25.6 Å². The van der Waals surface area contributed by atoms with Crippen LogP contribution < -0.4 is 5.32 Å². The summed E-state index contributed by atoms with van der Waals surface area (Å²) < 4.78 is 115. The Balaban J connectivity index is 5.98. The molecule has 0 aliphatic carbocycles. The first kappa shape index (κ1) is 21.6. The molecule has 15 heteroatoms. The Morgan fingerprint density at radius 3 is 1.65 bits per heavy atom. The molecule has 0 aromatic carbocycles. The van der Waals surface area contributed by atoms with Crippen molar-refractivity contribution in [2.24, 2.45) is 0 Å². The van der Waals surface area contributed by atoms with E-state index in [1.54, 1.807) is 5.32 Å². The summed E-state index contributed by atoms with van der Waals surface area (Å²) >= 11 is 0. The molecule has 0 saturated carbocycles. The van der Waals surface area contributed by atoms with E-state index >= 15 is 0 Å². The standard InChI is InChI=1S/C8H10F6N2O5S2/c1-4(16-5(17)3-15)2-6(22(18,19)7(9,10)11)23(20,21)8(12,13)14/h3-4,6,15H,2H2,1H3,(H,16,17). The minimum atomic E-state index is -6.73. The van der Waals surface area contributed by atoms with E-state index in [0.717, 1.165) is 6.92 Å². The number of sulfone groups is 2. The van der Waals surface area contributed by atoms with Crippen molar-refractivity contribution in [2.75, 3.05) is 0 Å². The van der Waals surface area contributed by atoms with Crippen molar-refractivity contribution < 1.29 is 48.0 Å². The molecule has 0 bridgehead atoms. The average molecular weight is 392 g/mol. The van der Waals surface area contributed by atoms with Gasteiger partial charge in [0, 0.05) is 6.04 Å². The third-order valence-corrected chi connectivity index (χ3v) is 6.98. The maximum atomic E-state index is 12.4. The Labute approximate surface area is 126 Å². The highest BCUT2D eigenvalue weighted by atomic mass is 32.3. The first-order valence-corrected chi connectivity index (χ1v) is 8.49. The summed E-state index contributed by atoms with van der Waals surface area (Å²) in [6.45, 7) is 0.784. The van der Waals surface area contributed by atoms with Gasteiger partial charge in [0.1, 0.15) is 0 Å². The molecule has 7 nitrogen and oxygen atoms in total. The summed E-state index contributed by atoms with van der Waals surface area (Å²) in [5.74, 6) is -1.26. The zero-order valence-electron chi connectivity index (χ0n) is 11.1. The minimum absolute atomic E-state index is 0.113. The predicted octanol–water partition coefficient (Wildman–Crippen LogP) is 0.726. The lowest BCUT2D eigenvalue weighted by Crippen LogP contribution is -2.48. The average Bonchev–Trinajstić information content (AvgIpc) is 2.32. The fraction of sp³-hybridized carbons (Fsp3) is 0.750. The number of hydrogen-bond donors (Lipinski definition) is 2. The smallest absolute Gasteiger partial charge is 0.349 e. The quantitative estimate of drug-likeness (QED) is 0.510. The highest BCUT2D eigenvalue weighted by molar-refractivity contribution is 8.09. The molecule has 0 saturated heterocycles. The number of alkyl halides is 6. The van der Waals surface area contributed by atoms with E-state index in [2.05, 4.69) is 0 Å². The molecule has 23 heavy (non-hydrogen) atoms. The molecule has 0 aliphatic rings. The lowest BCUT2D eigenvalue weighted by atomic mass is 10.2. The van der Waals surface area contributed by atoms with Crippen molar-refractivity contribution in [3.8, 4) is 0 Å². The number of amides is 1. The van der Waals surface area contributed by atoms with Gasteiger partial charge in [0.05, 0.1) is 6.21 Å². The molecule has 0 spiro atoms. The van der Waals surface area contributed by atoms with Crippen LogP contribution in [0.1, 0.15) is 13.3 Å². The Bertz CT molecular complexity index is 622. The summed E-state index contributed by atoms with van der Waals surface area (Å²) in [6, 6.07) is -1.71. The van der Waals surface area contributed by atoms with Gasteiger partial charge >= 0.3 is 11.0 Å². The molecule has 1 amide bonds. The van der Waals surface area contributed by atoms with Crippen molar-refractivity contribution in [1.82, 2.24) is 5.32 Å². The van der Waals surface area contributed by atoms with E-state index in [1.807, 2.05) is 0 Å². The molecule has 2 N–H and O–H groups in total. The SMILES string of the molecule is CC(CC(S(=O)(=O)C(F)(F)F)S(=O)(=O)C(F)(F)F)NC(=O)C=N. The Morgan fingerprint density at radius 1 is 1.04 bits per heavy atom. The topological polar surface area (TPSA) is 121 Å². The van der Waals surface area contributed by atoms with Crippen molar-refractivity contribution in [1.29, 1.82) is 5.41 Å². The van der Waals surface area contributed by atoms with E-state index < -0.39 is 53.6 Å². The summed E-state index contributed by atoms with van der Waals surface area (Å²) in [5.41, 5.74) is -12.5. The summed E-state index contributed by atoms with van der Waals surface area (Å²) in [4.78, 5) is 10.8. The van der Waals surface area contributed by atoms with Crippen molar-refractivity contribution >= 4 is 31.8 Å². The predicted molar refractivity (Wildman–Crippen MR) is 64.7 cm³/mol. The Hall–Kier alpha value is -1.38. The monoisotopic (exact) mass is 392 g/mol. The van der Waals surface area contributed by atoms with E-state index in [0.29, 0.717) is 0 Å². The van der Waals surface area contributed by atoms with E-state index in [9.17, 15) is 48.0 Å². The number of carbonyl (C=O) groups excluding carboxylic acids is 1. The van der Waals surface area contributed by atoms with Crippen LogP contribution in [0.25, 0.3) is 0 Å². The van der Waals surface area contributed by atoms with E-state index in [4.69, 9.17) is 5.41 Å². The first-order valence-electron chi connectivity index (χ1n) is 5.39. The third kappa shape index (κ3) is 4.79. The second kappa shape index (κ2) is 6.62. The van der Waals surface area contributed by atoms with Gasteiger partial charge in [-0.3, -0.25) is 4.79 Å². The fourth-order valence-corrected chi connectivity index (χ4v) is 5.02. The molecule has 1 atom stereocenters. The maximum absolute atomic E-state index is 12.4. The fourth-order valence-electron chi connectivity index (χ4n) is 1.35. The molecule has 0 fully saturated rings. The number of halogens is 6. The molecule has 0 radical (unpaired) electrons. The van der Waals surface area contributed by atoms with Gasteiger partial charge in [0.15, 0.2) is 4.58 Å². The van der Waals surface area contributed by atoms with Crippen LogP contribution >= 0.6 is 0 Å². The lowest BCUT2D eigenvalue weighted by molar-refractivity contribution is -0.115. The van der Waals surface area contributed by atoms with Crippen molar-refractivity contribution in [2.45, 2.75) is 35.0 Å². The number of carbonyl (C=O) groups is 1. The van der Waals surface area contributed by atoms with Crippen molar-refractivity contribution in [3.05, 3.63) is 0 Å². The van der Waals surface area contributed by atoms with Gasteiger partial charge in [-0.1, -0.05) is 0 Å². The van der Waals surface area contributed by atoms with Gasteiger partial charge in [-0.25, -0.2) is 16.8 Å². The van der Waals surface area contributed by atoms with Crippen LogP contribution in [-0.2, 0) is 24.5 Å². The maximum Gasteiger partial charge on any atom is 0.498 e. The Kier molecular flexibility index (Phi) is 6.23. The molecular formula is C8H10F6N2O5S2. The second-order valence-electron chi connectivity index (χ2n) is 4.20. The van der Waals surface area contributed by atoms with Gasteiger partial charge in [-0.15, -0.1) is 0 Å². The molecule has 0 aromatic rings. The largest absolute Gasteiger partial charge is 0.498 e. The molecular weight excluding hydrogens is 382 g/mol. The Morgan fingerprint density at radius 2 is 1.39 bits per heavy atom. The van der Waals surface area contributed by atoms with Crippen LogP contribution in [0.4, 0.5) is 26.3 Å². The van der Waals surface area contributed by atoms with Crippen LogP contribution in [0, 0.1) is 5.41 Å². The number of rotatable bonds is 6. The third-order valence-electron chi connectivity index (χ3n) is 2.40. The van der Waals surface area contributed by atoms with Gasteiger partial charge < -0.3 is 10.7 Å². The van der Waals surface area contributed by atoms with Crippen LogP contribution in [0.3, 0.4) is 0 Å². The lowest BCUT2D eigenvalue weighted by Gasteiger charge is -2.23. The molecule has 0 aromatic heterocycles. The zero-order valence-corrected chi connectivity index (χ0v) is 12.7. The summed E-state index contributed by atoms with van der Waals surface area (Å²) in [7, 11) is -13.5. The first-order chi connectivity index (χ1) is 9.98. The molecule has 0 rings (SSSR count). The number of hydrogen-bond acceptors (Lipinski definition) is 6. The van der Waals surface area contributed by atoms with Crippen LogP contribution in [0.2, 0.25) is 0 Å². The van der Waals surface area contributed by atoms with Gasteiger partial charge in [0.2, 0.25) is 0 Å². The highest BCUT2D eigenvalue weighted by Crippen LogP contribution is 2.38. The minimum Gasteiger partial charge on any atom is -0.349 e. The molecule has 0 heterocycles. The zero-order chi connectivity index (χ0) is 18.9. The molecule has 1 unspecified atom stereocenters. The van der Waals surface area contributed by atoms with Gasteiger partial charge in [-0.2, -0.15) is 26.3 Å². The normalized spacial score (nSPS) is 15.3. The van der Waals surface area contributed by atoms with E-state index in [-0.39, 0.29) is 6.21 Å². The van der Waals surface area contributed by atoms with Crippen molar-refractivity contribution in [3.63, 3.8) is 0 Å². The second-order valence-corrected chi connectivity index (χ2v) is 8.74. The van der Waals surface area contributed by atoms with Crippen LogP contribution in [0.5, 0.6) is 0 Å². The molecule has 136 valence electrons. The van der Waals surface area contributed by atoms with Gasteiger partial charge in [-0.05, 0) is 13.3 Å². The van der Waals surface area contributed by atoms with Crippen LogP contribution in [0.15, 0.2) is 0 Å². The van der Waals surface area contributed by atoms with Crippen LogP contribution in [-0.4, -0.2) is 50.6 Å². The number of nitrogens with one attached hydrogen (secondary N) is 2. The van der Waals surface area contributed by atoms with E-state index in [1.165, 1.54) is 0 Å². The molecule has 0 aliphatic heterocycles. The summed E-state index contributed by atoms with van der Waals surface area (Å²) in [6.07, 6.45) is -1.59.